The van der Waals surface area contributed by atoms with Gasteiger partial charge in [0.2, 0.25) is 0 Å². The van der Waals surface area contributed by atoms with E-state index in [9.17, 15) is 0 Å². The second kappa shape index (κ2) is 8.04. The van der Waals surface area contributed by atoms with Gasteiger partial charge in [-0.1, -0.05) is 38.1 Å². The van der Waals surface area contributed by atoms with Gasteiger partial charge in [-0.2, -0.15) is 0 Å². The normalized spacial score (nSPS) is 12.8. The fourth-order valence-corrected chi connectivity index (χ4v) is 2.66. The van der Waals surface area contributed by atoms with Crippen molar-refractivity contribution < 1.29 is 4.42 Å². The molecule has 1 unspecified atom stereocenters. The van der Waals surface area contributed by atoms with Crippen molar-refractivity contribution in [3.63, 3.8) is 0 Å². The molecule has 0 bridgehead atoms. The summed E-state index contributed by atoms with van der Waals surface area (Å²) in [6, 6.07) is 12.7. The van der Waals surface area contributed by atoms with Gasteiger partial charge in [0.25, 0.3) is 0 Å². The van der Waals surface area contributed by atoms with E-state index < -0.39 is 0 Å². The van der Waals surface area contributed by atoms with Crippen LogP contribution < -0.4 is 5.32 Å². The van der Waals surface area contributed by atoms with Gasteiger partial charge in [0.15, 0.2) is 0 Å². The van der Waals surface area contributed by atoms with Crippen LogP contribution in [0.2, 0.25) is 0 Å². The monoisotopic (exact) mass is 285 g/mol. The van der Waals surface area contributed by atoms with Crippen LogP contribution in [0.15, 0.2) is 47.1 Å². The van der Waals surface area contributed by atoms with Gasteiger partial charge in [0, 0.05) is 6.42 Å². The summed E-state index contributed by atoms with van der Waals surface area (Å²) in [5, 5.41) is 3.60. The molecule has 1 atom stereocenters. The van der Waals surface area contributed by atoms with E-state index in [4.69, 9.17) is 4.42 Å². The van der Waals surface area contributed by atoms with Crippen molar-refractivity contribution in [3.05, 3.63) is 59.5 Å². The van der Waals surface area contributed by atoms with Gasteiger partial charge in [-0.05, 0) is 61.5 Å². The molecule has 0 fully saturated rings. The zero-order valence-corrected chi connectivity index (χ0v) is 13.4. The first-order valence-electron chi connectivity index (χ1n) is 7.92. The van der Waals surface area contributed by atoms with Crippen LogP contribution in [0.3, 0.4) is 0 Å². The minimum Gasteiger partial charge on any atom is -0.469 e. The fraction of sp³-hybridized carbons (Fsp3) is 0.474. The van der Waals surface area contributed by atoms with E-state index in [1.54, 1.807) is 6.26 Å². The summed E-state index contributed by atoms with van der Waals surface area (Å²) < 4.78 is 5.53. The van der Waals surface area contributed by atoms with E-state index in [2.05, 4.69) is 56.4 Å². The highest BCUT2D eigenvalue weighted by Crippen LogP contribution is 2.17. The first-order chi connectivity index (χ1) is 10.1. The second-order valence-electron chi connectivity index (χ2n) is 6.33. The predicted octanol–water partition coefficient (Wildman–Crippen LogP) is 4.24. The maximum absolute atomic E-state index is 5.53. The standard InChI is InChI=1S/C19H27NO/c1-15(2)13-20-14-17(12-19-9-6-10-21-19)11-18-8-5-4-7-16(18)3/h4-10,15,17,20H,11-14H2,1-3H3. The fourth-order valence-electron chi connectivity index (χ4n) is 2.66. The summed E-state index contributed by atoms with van der Waals surface area (Å²) >= 11 is 0. The summed E-state index contributed by atoms with van der Waals surface area (Å²) in [6.07, 6.45) is 3.85. The van der Waals surface area contributed by atoms with Crippen LogP contribution >= 0.6 is 0 Å². The predicted molar refractivity (Wildman–Crippen MR) is 88.5 cm³/mol. The van der Waals surface area contributed by atoms with Crippen molar-refractivity contribution >= 4 is 0 Å². The van der Waals surface area contributed by atoms with Crippen LogP contribution in [0.25, 0.3) is 0 Å². The number of aryl methyl sites for hydroxylation is 1. The lowest BCUT2D eigenvalue weighted by atomic mass is 9.92. The lowest BCUT2D eigenvalue weighted by Crippen LogP contribution is -2.28. The quantitative estimate of drug-likeness (QED) is 0.785. The van der Waals surface area contributed by atoms with Gasteiger partial charge in [-0.25, -0.2) is 0 Å². The van der Waals surface area contributed by atoms with Crippen molar-refractivity contribution in [3.8, 4) is 0 Å². The summed E-state index contributed by atoms with van der Waals surface area (Å²) in [7, 11) is 0. The molecule has 0 saturated carbocycles. The Balaban J connectivity index is 1.98. The van der Waals surface area contributed by atoms with Crippen molar-refractivity contribution in [2.45, 2.75) is 33.6 Å². The number of nitrogens with one attached hydrogen (secondary N) is 1. The summed E-state index contributed by atoms with van der Waals surface area (Å²) in [6.45, 7) is 8.79. The molecule has 1 N–H and O–H groups in total. The number of rotatable bonds is 8. The third-order valence-electron chi connectivity index (χ3n) is 3.83. The largest absolute Gasteiger partial charge is 0.469 e. The van der Waals surface area contributed by atoms with E-state index in [-0.39, 0.29) is 0 Å². The van der Waals surface area contributed by atoms with E-state index in [0.29, 0.717) is 11.8 Å². The molecule has 0 saturated heterocycles. The maximum Gasteiger partial charge on any atom is 0.104 e. The number of furan rings is 1. The Morgan fingerprint density at radius 2 is 1.81 bits per heavy atom. The maximum atomic E-state index is 5.53. The molecule has 0 amide bonds. The van der Waals surface area contributed by atoms with Crippen LogP contribution in [0.5, 0.6) is 0 Å². The molecule has 0 aliphatic rings. The summed E-state index contributed by atoms with van der Waals surface area (Å²) in [5.74, 6) is 2.34. The molecule has 0 aliphatic carbocycles. The highest BCUT2D eigenvalue weighted by atomic mass is 16.3. The molecule has 0 spiro atoms. The van der Waals surface area contributed by atoms with Crippen LogP contribution in [-0.2, 0) is 12.8 Å². The smallest absolute Gasteiger partial charge is 0.104 e. The van der Waals surface area contributed by atoms with Gasteiger partial charge in [-0.15, -0.1) is 0 Å². The molecule has 1 aromatic heterocycles. The molecule has 2 heteroatoms. The first kappa shape index (κ1) is 15.8. The lowest BCUT2D eigenvalue weighted by molar-refractivity contribution is 0.404. The van der Waals surface area contributed by atoms with Crippen LogP contribution in [-0.4, -0.2) is 13.1 Å². The topological polar surface area (TPSA) is 25.2 Å². The summed E-state index contributed by atoms with van der Waals surface area (Å²) in [5.41, 5.74) is 2.83. The average molecular weight is 285 g/mol. The van der Waals surface area contributed by atoms with Crippen LogP contribution in [0.1, 0.15) is 30.7 Å². The lowest BCUT2D eigenvalue weighted by Gasteiger charge is -2.19. The number of hydrogen-bond donors (Lipinski definition) is 1. The molecule has 1 aromatic carbocycles. The Morgan fingerprint density at radius 3 is 2.48 bits per heavy atom. The third kappa shape index (κ3) is 5.39. The van der Waals surface area contributed by atoms with E-state index >= 15 is 0 Å². The molecule has 2 nitrogen and oxygen atoms in total. The summed E-state index contributed by atoms with van der Waals surface area (Å²) in [4.78, 5) is 0. The number of benzene rings is 1. The zero-order valence-electron chi connectivity index (χ0n) is 13.4. The van der Waals surface area contributed by atoms with Crippen LogP contribution in [0.4, 0.5) is 0 Å². The molecule has 2 aromatic rings. The van der Waals surface area contributed by atoms with Gasteiger partial charge in [-0.3, -0.25) is 0 Å². The number of hydrogen-bond acceptors (Lipinski definition) is 2. The Morgan fingerprint density at radius 1 is 1.00 bits per heavy atom. The van der Waals surface area contributed by atoms with E-state index in [1.165, 1.54) is 11.1 Å². The molecule has 114 valence electrons. The zero-order chi connectivity index (χ0) is 15.1. The van der Waals surface area contributed by atoms with Crippen molar-refractivity contribution in [1.29, 1.82) is 0 Å². The Bertz CT molecular complexity index is 516. The van der Waals surface area contributed by atoms with Crippen LogP contribution in [0, 0.1) is 18.8 Å². The van der Waals surface area contributed by atoms with Crippen molar-refractivity contribution in [2.24, 2.45) is 11.8 Å². The van der Waals surface area contributed by atoms with E-state index in [1.807, 2.05) is 6.07 Å². The molecule has 1 heterocycles. The highest BCUT2D eigenvalue weighted by Gasteiger charge is 2.13. The van der Waals surface area contributed by atoms with Gasteiger partial charge < -0.3 is 9.73 Å². The Hall–Kier alpha value is -1.54. The van der Waals surface area contributed by atoms with Gasteiger partial charge in [0.1, 0.15) is 5.76 Å². The molecule has 2 rings (SSSR count). The molecular weight excluding hydrogens is 258 g/mol. The SMILES string of the molecule is Cc1ccccc1CC(CNCC(C)C)Cc1ccco1. The van der Waals surface area contributed by atoms with E-state index in [0.717, 1.165) is 31.7 Å². The minimum atomic E-state index is 0.566. The third-order valence-corrected chi connectivity index (χ3v) is 3.83. The molecule has 21 heavy (non-hydrogen) atoms. The Labute approximate surface area is 128 Å². The second-order valence-corrected chi connectivity index (χ2v) is 6.33. The van der Waals surface area contributed by atoms with Gasteiger partial charge >= 0.3 is 0 Å². The van der Waals surface area contributed by atoms with Gasteiger partial charge in [0.05, 0.1) is 6.26 Å². The first-order valence-corrected chi connectivity index (χ1v) is 7.92. The highest BCUT2D eigenvalue weighted by molar-refractivity contribution is 5.26. The Kier molecular flexibility index (Phi) is 6.06. The van der Waals surface area contributed by atoms with Crippen molar-refractivity contribution in [1.82, 2.24) is 5.32 Å². The van der Waals surface area contributed by atoms with Crippen molar-refractivity contribution in [2.75, 3.05) is 13.1 Å². The average Bonchev–Trinajstić information content (AvgIpc) is 2.93. The minimum absolute atomic E-state index is 0.566. The molecule has 0 aliphatic heterocycles. The molecular formula is C19H27NO. The molecule has 0 radical (unpaired) electrons.